The van der Waals surface area contributed by atoms with Crippen LogP contribution in [-0.4, -0.2) is 33.2 Å². The normalized spacial score (nSPS) is 21.4. The summed E-state index contributed by atoms with van der Waals surface area (Å²) in [5.41, 5.74) is 0.682. The predicted octanol–water partition coefficient (Wildman–Crippen LogP) is 4.74. The highest BCUT2D eigenvalue weighted by molar-refractivity contribution is 7.13. The van der Waals surface area contributed by atoms with Crippen molar-refractivity contribution >= 4 is 40.4 Å². The molecular formula is C23H23ClN4O2S. The van der Waals surface area contributed by atoms with E-state index in [2.05, 4.69) is 10.4 Å². The molecule has 1 unspecified atom stereocenters. The number of fused-ring (bicyclic) bond motifs is 1. The Balaban J connectivity index is 1.59. The predicted molar refractivity (Wildman–Crippen MR) is 123 cm³/mol. The van der Waals surface area contributed by atoms with Crippen LogP contribution in [0, 0.1) is 0 Å². The number of carbonyl (C=O) groups excluding carboxylic acids is 2. The van der Waals surface area contributed by atoms with E-state index in [0.29, 0.717) is 16.4 Å². The molecule has 5 rings (SSSR count). The topological polar surface area (TPSA) is 67.2 Å². The Bertz CT molecular complexity index is 1140. The first-order valence-corrected chi connectivity index (χ1v) is 11.7. The molecule has 31 heavy (non-hydrogen) atoms. The smallest absolute Gasteiger partial charge is 0.277 e. The van der Waals surface area contributed by atoms with Crippen molar-refractivity contribution in [2.45, 2.75) is 50.7 Å². The summed E-state index contributed by atoms with van der Waals surface area (Å²) in [6, 6.07) is 13.0. The van der Waals surface area contributed by atoms with E-state index in [1.54, 1.807) is 45.2 Å². The lowest BCUT2D eigenvalue weighted by atomic mass is 9.93. The molecule has 2 aliphatic rings. The van der Waals surface area contributed by atoms with Crippen molar-refractivity contribution in [3.63, 3.8) is 0 Å². The molecule has 3 heterocycles. The monoisotopic (exact) mass is 454 g/mol. The lowest BCUT2D eigenvalue weighted by Crippen LogP contribution is -2.65. The van der Waals surface area contributed by atoms with Crippen molar-refractivity contribution in [3.8, 4) is 10.6 Å². The van der Waals surface area contributed by atoms with Gasteiger partial charge in [-0.2, -0.15) is 5.10 Å². The number of carbonyl (C=O) groups is 2. The van der Waals surface area contributed by atoms with Gasteiger partial charge in [0, 0.05) is 16.8 Å². The quantitative estimate of drug-likeness (QED) is 0.619. The number of anilines is 1. The minimum Gasteiger partial charge on any atom is -0.351 e. The van der Waals surface area contributed by atoms with E-state index >= 15 is 0 Å². The van der Waals surface area contributed by atoms with Crippen LogP contribution in [0.25, 0.3) is 10.6 Å². The maximum Gasteiger partial charge on any atom is 0.277 e. The molecule has 0 spiro atoms. The Kier molecular flexibility index (Phi) is 5.10. The molecule has 1 aliphatic heterocycles. The third-order valence-corrected chi connectivity index (χ3v) is 7.30. The van der Waals surface area contributed by atoms with Gasteiger partial charge in [0.05, 0.1) is 11.4 Å². The first kappa shape index (κ1) is 20.3. The minimum absolute atomic E-state index is 0.154. The number of hydrogen-bond donors (Lipinski definition) is 1. The van der Waals surface area contributed by atoms with Gasteiger partial charge in [-0.1, -0.05) is 36.6 Å². The van der Waals surface area contributed by atoms with Crippen molar-refractivity contribution in [3.05, 3.63) is 58.6 Å². The summed E-state index contributed by atoms with van der Waals surface area (Å²) in [6.07, 6.45) is 4.18. The highest BCUT2D eigenvalue weighted by Gasteiger charge is 2.49. The molecule has 1 N–H and O–H groups in total. The molecule has 8 heteroatoms. The number of hydrogen-bond acceptors (Lipinski definition) is 4. The molecule has 1 atom stereocenters. The molecule has 1 aliphatic carbocycles. The van der Waals surface area contributed by atoms with Gasteiger partial charge in [-0.3, -0.25) is 19.2 Å². The number of halogens is 1. The second-order valence-electron chi connectivity index (χ2n) is 8.40. The van der Waals surface area contributed by atoms with Gasteiger partial charge in [-0.15, -0.1) is 11.3 Å². The standard InChI is InChI=1S/C23H23ClN4O2S/c1-23(22(30)25-16-7-2-3-8-16)14-27-19(13-18(26-27)20-10-5-11-31-20)21(29)28(23)17-9-4-6-15(24)12-17/h4-6,9-13,16H,2-3,7-8,14H2,1H3,(H,25,30). The largest absolute Gasteiger partial charge is 0.351 e. The fourth-order valence-corrected chi connectivity index (χ4v) is 5.42. The Hall–Kier alpha value is -2.64. The van der Waals surface area contributed by atoms with Gasteiger partial charge in [0.2, 0.25) is 5.91 Å². The molecule has 6 nitrogen and oxygen atoms in total. The lowest BCUT2D eigenvalue weighted by Gasteiger charge is -2.43. The highest BCUT2D eigenvalue weighted by Crippen LogP contribution is 2.36. The van der Waals surface area contributed by atoms with Gasteiger partial charge < -0.3 is 5.32 Å². The van der Waals surface area contributed by atoms with E-state index < -0.39 is 5.54 Å². The third-order valence-electron chi connectivity index (χ3n) is 6.17. The van der Waals surface area contributed by atoms with Crippen molar-refractivity contribution < 1.29 is 9.59 Å². The fraction of sp³-hybridized carbons (Fsp3) is 0.348. The first-order valence-electron chi connectivity index (χ1n) is 10.5. The van der Waals surface area contributed by atoms with Gasteiger partial charge in [-0.25, -0.2) is 0 Å². The van der Waals surface area contributed by atoms with Crippen LogP contribution in [0.2, 0.25) is 5.02 Å². The highest BCUT2D eigenvalue weighted by atomic mass is 35.5. The molecule has 160 valence electrons. The molecule has 3 aromatic rings. The molecule has 0 saturated heterocycles. The van der Waals surface area contributed by atoms with Crippen molar-refractivity contribution in [1.29, 1.82) is 0 Å². The van der Waals surface area contributed by atoms with E-state index in [-0.39, 0.29) is 24.4 Å². The van der Waals surface area contributed by atoms with Crippen LogP contribution in [0.4, 0.5) is 5.69 Å². The summed E-state index contributed by atoms with van der Waals surface area (Å²) in [4.78, 5) is 29.8. The van der Waals surface area contributed by atoms with Crippen molar-refractivity contribution in [2.24, 2.45) is 0 Å². The van der Waals surface area contributed by atoms with Crippen molar-refractivity contribution in [1.82, 2.24) is 15.1 Å². The number of aromatic nitrogens is 2. The average Bonchev–Trinajstić information content (AvgIpc) is 3.49. The SMILES string of the molecule is CC1(C(=O)NC2CCCC2)Cn2nc(-c3cccs3)cc2C(=O)N1c1cccc(Cl)c1. The summed E-state index contributed by atoms with van der Waals surface area (Å²) in [5.74, 6) is -0.417. The van der Waals surface area contributed by atoms with Crippen LogP contribution >= 0.6 is 22.9 Å². The molecular weight excluding hydrogens is 432 g/mol. The second kappa shape index (κ2) is 7.80. The fourth-order valence-electron chi connectivity index (χ4n) is 4.56. The van der Waals surface area contributed by atoms with Gasteiger partial charge in [-0.05, 0) is 55.5 Å². The molecule has 0 bridgehead atoms. The number of thiophene rings is 1. The number of benzene rings is 1. The summed E-state index contributed by atoms with van der Waals surface area (Å²) >= 11 is 7.81. The van der Waals surface area contributed by atoms with Crippen LogP contribution in [0.1, 0.15) is 43.1 Å². The molecule has 2 amide bonds. The zero-order valence-electron chi connectivity index (χ0n) is 17.2. The summed E-state index contributed by atoms with van der Waals surface area (Å²) in [6.45, 7) is 2.08. The molecule has 1 aromatic carbocycles. The van der Waals surface area contributed by atoms with Crippen LogP contribution in [0.15, 0.2) is 47.8 Å². The third kappa shape index (κ3) is 3.55. The second-order valence-corrected chi connectivity index (χ2v) is 9.78. The lowest BCUT2D eigenvalue weighted by molar-refractivity contribution is -0.127. The summed E-state index contributed by atoms with van der Waals surface area (Å²) in [5, 5.41) is 10.4. The molecule has 2 aromatic heterocycles. The van der Waals surface area contributed by atoms with Crippen molar-refractivity contribution in [2.75, 3.05) is 4.90 Å². The number of rotatable bonds is 4. The van der Waals surface area contributed by atoms with E-state index in [1.807, 2.05) is 30.5 Å². The Morgan fingerprint density at radius 2 is 2.03 bits per heavy atom. The van der Waals surface area contributed by atoms with E-state index in [0.717, 1.165) is 36.3 Å². The number of amides is 2. The molecule has 1 saturated carbocycles. The zero-order valence-corrected chi connectivity index (χ0v) is 18.7. The summed E-state index contributed by atoms with van der Waals surface area (Å²) < 4.78 is 1.67. The van der Waals surface area contributed by atoms with E-state index in [4.69, 9.17) is 11.6 Å². The molecule has 0 radical (unpaired) electrons. The Morgan fingerprint density at radius 3 is 2.74 bits per heavy atom. The minimum atomic E-state index is -1.13. The van der Waals surface area contributed by atoms with Crippen LogP contribution < -0.4 is 10.2 Å². The zero-order chi connectivity index (χ0) is 21.6. The number of nitrogens with one attached hydrogen (secondary N) is 1. The van der Waals surface area contributed by atoms with Gasteiger partial charge in [0.1, 0.15) is 16.9 Å². The maximum absolute atomic E-state index is 13.7. The average molecular weight is 455 g/mol. The van der Waals surface area contributed by atoms with Crippen LogP contribution in [0.5, 0.6) is 0 Å². The van der Waals surface area contributed by atoms with Gasteiger partial charge in [0.15, 0.2) is 0 Å². The van der Waals surface area contributed by atoms with E-state index in [9.17, 15) is 9.59 Å². The summed E-state index contributed by atoms with van der Waals surface area (Å²) in [7, 11) is 0. The Labute approximate surface area is 189 Å². The maximum atomic E-state index is 13.7. The molecule has 1 fully saturated rings. The van der Waals surface area contributed by atoms with E-state index in [1.165, 1.54) is 0 Å². The van der Waals surface area contributed by atoms with Gasteiger partial charge in [0.25, 0.3) is 5.91 Å². The van der Waals surface area contributed by atoms with Gasteiger partial charge >= 0.3 is 0 Å². The first-order chi connectivity index (χ1) is 15.0. The van der Waals surface area contributed by atoms with Crippen LogP contribution in [0.3, 0.4) is 0 Å². The Morgan fingerprint density at radius 1 is 1.23 bits per heavy atom. The van der Waals surface area contributed by atoms with Crippen LogP contribution in [-0.2, 0) is 11.3 Å². The number of nitrogens with zero attached hydrogens (tertiary/aromatic N) is 3.